The number of aldehydes is 1. The zero-order chi connectivity index (χ0) is 8.77. The maximum Gasteiger partial charge on any atom is 0.126 e. The van der Waals surface area contributed by atoms with Gasteiger partial charge in [0.05, 0.1) is 0 Å². The van der Waals surface area contributed by atoms with Crippen LogP contribution >= 0.6 is 0 Å². The van der Waals surface area contributed by atoms with E-state index in [1.165, 1.54) is 32.0 Å². The van der Waals surface area contributed by atoms with Crippen molar-refractivity contribution in [1.82, 2.24) is 0 Å². The highest BCUT2D eigenvalue weighted by atomic mass is 16.1. The van der Waals surface area contributed by atoms with E-state index < -0.39 is 0 Å². The summed E-state index contributed by atoms with van der Waals surface area (Å²) in [5.74, 6) is 2.27. The lowest BCUT2D eigenvalue weighted by atomic mass is 9.67. The van der Waals surface area contributed by atoms with Crippen LogP contribution in [0.2, 0.25) is 0 Å². The molecule has 0 aromatic carbocycles. The summed E-state index contributed by atoms with van der Waals surface area (Å²) in [5.41, 5.74) is 0.0394. The van der Waals surface area contributed by atoms with E-state index in [2.05, 4.69) is 13.8 Å². The Morgan fingerprint density at radius 2 is 2.25 bits per heavy atom. The van der Waals surface area contributed by atoms with Crippen LogP contribution in [-0.4, -0.2) is 6.29 Å². The van der Waals surface area contributed by atoms with E-state index in [0.717, 1.165) is 5.92 Å². The first-order chi connectivity index (χ1) is 5.72. The van der Waals surface area contributed by atoms with Crippen molar-refractivity contribution in [3.63, 3.8) is 0 Å². The molecule has 2 aliphatic carbocycles. The van der Waals surface area contributed by atoms with Gasteiger partial charge in [-0.25, -0.2) is 0 Å². The van der Waals surface area contributed by atoms with Crippen LogP contribution in [0.5, 0.6) is 0 Å². The lowest BCUT2D eigenvalue weighted by Crippen LogP contribution is -2.34. The molecule has 0 radical (unpaired) electrons. The summed E-state index contributed by atoms with van der Waals surface area (Å²) in [6.07, 6.45) is 6.44. The van der Waals surface area contributed by atoms with E-state index in [0.29, 0.717) is 11.8 Å². The van der Waals surface area contributed by atoms with Crippen LogP contribution in [-0.2, 0) is 4.79 Å². The van der Waals surface area contributed by atoms with Gasteiger partial charge in [0.2, 0.25) is 0 Å². The molecule has 0 aliphatic heterocycles. The predicted octanol–water partition coefficient (Wildman–Crippen LogP) is 2.65. The Kier molecular flexibility index (Phi) is 1.78. The van der Waals surface area contributed by atoms with Crippen LogP contribution in [0.25, 0.3) is 0 Å². The summed E-state index contributed by atoms with van der Waals surface area (Å²) in [5, 5.41) is 0. The molecule has 1 nitrogen and oxygen atoms in total. The van der Waals surface area contributed by atoms with Crippen molar-refractivity contribution < 1.29 is 4.79 Å². The van der Waals surface area contributed by atoms with Crippen LogP contribution in [0.3, 0.4) is 0 Å². The van der Waals surface area contributed by atoms with Crippen LogP contribution in [0.15, 0.2) is 0 Å². The highest BCUT2D eigenvalue weighted by Gasteiger charge is 2.54. The molecule has 2 bridgehead atoms. The molecule has 0 aromatic heterocycles. The van der Waals surface area contributed by atoms with Crippen LogP contribution in [0.1, 0.15) is 39.5 Å². The van der Waals surface area contributed by atoms with E-state index in [1.54, 1.807) is 0 Å². The Morgan fingerprint density at radius 3 is 2.75 bits per heavy atom. The monoisotopic (exact) mass is 166 g/mol. The van der Waals surface area contributed by atoms with Gasteiger partial charge in [0.25, 0.3) is 0 Å². The second kappa shape index (κ2) is 2.58. The van der Waals surface area contributed by atoms with E-state index in [4.69, 9.17) is 0 Å². The second-order valence-corrected chi connectivity index (χ2v) is 4.77. The molecule has 0 N–H and O–H groups in total. The van der Waals surface area contributed by atoms with Gasteiger partial charge in [-0.1, -0.05) is 20.3 Å². The smallest absolute Gasteiger partial charge is 0.126 e. The van der Waals surface area contributed by atoms with Crippen LogP contribution in [0.4, 0.5) is 0 Å². The number of carbonyl (C=O) groups excluding carboxylic acids is 1. The molecule has 12 heavy (non-hydrogen) atoms. The summed E-state index contributed by atoms with van der Waals surface area (Å²) >= 11 is 0. The zero-order valence-corrected chi connectivity index (χ0v) is 8.05. The van der Waals surface area contributed by atoms with Crippen molar-refractivity contribution >= 4 is 6.29 Å². The largest absolute Gasteiger partial charge is 0.303 e. The molecule has 0 saturated heterocycles. The molecule has 1 heteroatoms. The molecule has 68 valence electrons. The van der Waals surface area contributed by atoms with E-state index in [9.17, 15) is 4.79 Å². The van der Waals surface area contributed by atoms with Gasteiger partial charge >= 0.3 is 0 Å². The number of hydrogen-bond acceptors (Lipinski definition) is 1. The minimum atomic E-state index is 0.0394. The van der Waals surface area contributed by atoms with Gasteiger partial charge < -0.3 is 4.79 Å². The maximum atomic E-state index is 11.1. The number of fused-ring (bicyclic) bond motifs is 2. The average molecular weight is 166 g/mol. The molecular weight excluding hydrogens is 148 g/mol. The fraction of sp³-hybridized carbons (Fsp3) is 0.909. The third-order valence-corrected chi connectivity index (χ3v) is 4.41. The molecular formula is C11H18O. The van der Waals surface area contributed by atoms with Gasteiger partial charge in [-0.2, -0.15) is 0 Å². The average Bonchev–Trinajstić information content (AvgIpc) is 2.63. The predicted molar refractivity (Wildman–Crippen MR) is 48.8 cm³/mol. The van der Waals surface area contributed by atoms with Gasteiger partial charge in [-0.3, -0.25) is 0 Å². The van der Waals surface area contributed by atoms with Gasteiger partial charge in [0.1, 0.15) is 6.29 Å². The Balaban J connectivity index is 2.27. The lowest BCUT2D eigenvalue weighted by Gasteiger charge is -2.36. The Hall–Kier alpha value is -0.330. The normalized spacial score (nSPS) is 51.3. The molecule has 0 unspecified atom stereocenters. The van der Waals surface area contributed by atoms with Crippen molar-refractivity contribution in [3.8, 4) is 0 Å². The third kappa shape index (κ3) is 0.826. The lowest BCUT2D eigenvalue weighted by molar-refractivity contribution is -0.120. The first-order valence-corrected chi connectivity index (χ1v) is 5.18. The summed E-state index contributed by atoms with van der Waals surface area (Å²) in [6.45, 7) is 4.41. The minimum absolute atomic E-state index is 0.0394. The number of hydrogen-bond donors (Lipinski definition) is 0. The van der Waals surface area contributed by atoms with Crippen molar-refractivity contribution in [2.24, 2.45) is 23.2 Å². The molecule has 2 saturated carbocycles. The van der Waals surface area contributed by atoms with Crippen LogP contribution in [0, 0.1) is 23.2 Å². The second-order valence-electron chi connectivity index (χ2n) is 4.77. The van der Waals surface area contributed by atoms with E-state index in [1.807, 2.05) is 0 Å². The van der Waals surface area contributed by atoms with Gasteiger partial charge in [-0.05, 0) is 37.0 Å². The van der Waals surface area contributed by atoms with Crippen molar-refractivity contribution in [2.75, 3.05) is 0 Å². The number of rotatable bonds is 2. The molecule has 0 heterocycles. The highest BCUT2D eigenvalue weighted by molar-refractivity contribution is 5.61. The molecule has 0 amide bonds. The van der Waals surface area contributed by atoms with Crippen molar-refractivity contribution in [3.05, 3.63) is 0 Å². The van der Waals surface area contributed by atoms with Gasteiger partial charge in [0, 0.05) is 5.41 Å². The SMILES string of the molecule is CC[C@@H]1[C@@H]2CC[C@@H](C2)[C@@]1(C)C=O. The summed E-state index contributed by atoms with van der Waals surface area (Å²) in [6, 6.07) is 0. The van der Waals surface area contributed by atoms with Gasteiger partial charge in [0.15, 0.2) is 0 Å². The topological polar surface area (TPSA) is 17.1 Å². The molecule has 2 aliphatic rings. The fourth-order valence-electron chi connectivity index (χ4n) is 3.71. The molecule has 2 rings (SSSR count). The van der Waals surface area contributed by atoms with Gasteiger partial charge in [-0.15, -0.1) is 0 Å². The first-order valence-electron chi connectivity index (χ1n) is 5.18. The highest BCUT2D eigenvalue weighted by Crippen LogP contribution is 2.59. The fourth-order valence-corrected chi connectivity index (χ4v) is 3.71. The molecule has 2 fully saturated rings. The van der Waals surface area contributed by atoms with E-state index in [-0.39, 0.29) is 5.41 Å². The molecule has 0 aromatic rings. The summed E-state index contributed by atoms with van der Waals surface area (Å²) < 4.78 is 0. The number of carbonyl (C=O) groups is 1. The summed E-state index contributed by atoms with van der Waals surface area (Å²) in [4.78, 5) is 11.1. The van der Waals surface area contributed by atoms with Crippen molar-refractivity contribution in [2.45, 2.75) is 39.5 Å². The Bertz CT molecular complexity index is 199. The maximum absolute atomic E-state index is 11.1. The molecule has 0 spiro atoms. The van der Waals surface area contributed by atoms with Crippen LogP contribution < -0.4 is 0 Å². The third-order valence-electron chi connectivity index (χ3n) is 4.41. The quantitative estimate of drug-likeness (QED) is 0.576. The summed E-state index contributed by atoms with van der Waals surface area (Å²) in [7, 11) is 0. The van der Waals surface area contributed by atoms with Crippen molar-refractivity contribution in [1.29, 1.82) is 0 Å². The standard InChI is InChI=1S/C11H18O/c1-3-10-8-4-5-9(6-8)11(10,2)7-12/h7-10H,3-6H2,1-2H3/t8-,9+,10-,11-/m1/s1. The zero-order valence-electron chi connectivity index (χ0n) is 8.05. The Morgan fingerprint density at radius 1 is 1.50 bits per heavy atom. The molecule has 4 atom stereocenters. The van der Waals surface area contributed by atoms with E-state index >= 15 is 0 Å². The minimum Gasteiger partial charge on any atom is -0.303 e. The first kappa shape index (κ1) is 8.28. The Labute approximate surface area is 74.5 Å².